The summed E-state index contributed by atoms with van der Waals surface area (Å²) >= 11 is 0. The first kappa shape index (κ1) is 26.6. The van der Waals surface area contributed by atoms with E-state index in [4.69, 9.17) is 9.97 Å². The maximum absolute atomic E-state index is 5.13. The van der Waals surface area contributed by atoms with Crippen molar-refractivity contribution in [3.8, 4) is 22.8 Å². The molecule has 0 saturated heterocycles. The summed E-state index contributed by atoms with van der Waals surface area (Å²) in [5.41, 5.74) is 10.1. The number of hydrogen-bond acceptors (Lipinski definition) is 2. The van der Waals surface area contributed by atoms with Crippen LogP contribution in [0.3, 0.4) is 0 Å². The highest BCUT2D eigenvalue weighted by atomic mass is 15.1. The maximum atomic E-state index is 5.13. The summed E-state index contributed by atoms with van der Waals surface area (Å²) < 4.78 is 4.71. The third-order valence-corrected chi connectivity index (χ3v) is 9.32. The van der Waals surface area contributed by atoms with Crippen LogP contribution in [-0.2, 0) is 5.41 Å². The number of rotatable bonds is 3. The molecule has 0 radical (unpaired) electrons. The first-order valence-electron chi connectivity index (χ1n) is 15.8. The van der Waals surface area contributed by atoms with Crippen LogP contribution in [0, 0.1) is 0 Å². The van der Waals surface area contributed by atoms with E-state index in [0.717, 1.165) is 50.2 Å². The van der Waals surface area contributed by atoms with E-state index in [2.05, 4.69) is 163 Å². The van der Waals surface area contributed by atoms with Gasteiger partial charge in [0.2, 0.25) is 0 Å². The molecule has 0 fully saturated rings. The van der Waals surface area contributed by atoms with Gasteiger partial charge in [0.05, 0.1) is 33.3 Å². The summed E-state index contributed by atoms with van der Waals surface area (Å²) in [5.74, 6) is 0.913. The minimum atomic E-state index is 0.0461. The molecule has 4 heteroatoms. The monoisotopic (exact) mass is 592 g/mol. The Labute approximate surface area is 267 Å². The van der Waals surface area contributed by atoms with Gasteiger partial charge in [0.25, 0.3) is 0 Å². The lowest BCUT2D eigenvalue weighted by molar-refractivity contribution is 0.589. The third kappa shape index (κ3) is 4.07. The molecule has 0 aliphatic carbocycles. The van der Waals surface area contributed by atoms with Crippen LogP contribution in [0.1, 0.15) is 26.3 Å². The molecule has 4 heterocycles. The predicted molar refractivity (Wildman–Crippen MR) is 192 cm³/mol. The standard InChI is InChI=1S/C42H32N4/c1-42(2,3)29-22-23-43-36(25-29)28-16-19-33-31-11-5-8-14-37(31)45(39(33)24-28)30-18-20-34-32-12-6-9-15-38(32)46(40(34)26-30)41-21-17-27-10-4-7-13-35(27)44-41/h4-26H,1-3H3. The van der Waals surface area contributed by atoms with E-state index < -0.39 is 0 Å². The van der Waals surface area contributed by atoms with Gasteiger partial charge in [-0.3, -0.25) is 9.55 Å². The topological polar surface area (TPSA) is 35.6 Å². The fraction of sp³-hybridized carbons (Fsp3) is 0.0952. The highest BCUT2D eigenvalue weighted by molar-refractivity contribution is 6.12. The lowest BCUT2D eigenvalue weighted by Gasteiger charge is -2.19. The van der Waals surface area contributed by atoms with E-state index in [1.165, 1.54) is 32.6 Å². The van der Waals surface area contributed by atoms with Gasteiger partial charge in [-0.25, -0.2) is 4.98 Å². The van der Waals surface area contributed by atoms with Crippen molar-refractivity contribution in [1.29, 1.82) is 0 Å². The lowest BCUT2D eigenvalue weighted by atomic mass is 9.87. The van der Waals surface area contributed by atoms with Crippen molar-refractivity contribution in [3.05, 3.63) is 145 Å². The Bertz CT molecular complexity index is 2630. The maximum Gasteiger partial charge on any atom is 0.138 e. The van der Waals surface area contributed by atoms with Crippen LogP contribution < -0.4 is 0 Å². The van der Waals surface area contributed by atoms with Crippen LogP contribution in [-0.4, -0.2) is 19.1 Å². The van der Waals surface area contributed by atoms with Crippen molar-refractivity contribution < 1.29 is 0 Å². The summed E-state index contributed by atoms with van der Waals surface area (Å²) in [4.78, 5) is 9.93. The van der Waals surface area contributed by atoms with Gasteiger partial charge in [-0.15, -0.1) is 0 Å². The molecule has 0 atom stereocenters. The number of nitrogens with zero attached hydrogens (tertiary/aromatic N) is 4. The molecular weight excluding hydrogens is 560 g/mol. The minimum Gasteiger partial charge on any atom is -0.309 e. The van der Waals surface area contributed by atoms with Crippen molar-refractivity contribution >= 4 is 54.5 Å². The van der Waals surface area contributed by atoms with Crippen molar-refractivity contribution in [2.24, 2.45) is 0 Å². The molecule has 46 heavy (non-hydrogen) atoms. The number of pyridine rings is 2. The van der Waals surface area contributed by atoms with Gasteiger partial charge >= 0.3 is 0 Å². The first-order chi connectivity index (χ1) is 22.4. The van der Waals surface area contributed by atoms with Gasteiger partial charge in [-0.05, 0) is 71.6 Å². The van der Waals surface area contributed by atoms with Crippen LogP contribution in [0.15, 0.2) is 140 Å². The summed E-state index contributed by atoms with van der Waals surface area (Å²) in [6.07, 6.45) is 1.93. The molecule has 0 unspecified atom stereocenters. The highest BCUT2D eigenvalue weighted by Crippen LogP contribution is 2.38. The fourth-order valence-electron chi connectivity index (χ4n) is 6.99. The van der Waals surface area contributed by atoms with Crippen LogP contribution >= 0.6 is 0 Å². The lowest BCUT2D eigenvalue weighted by Crippen LogP contribution is -2.11. The zero-order valence-electron chi connectivity index (χ0n) is 26.1. The normalized spacial score (nSPS) is 12.2. The molecule has 4 nitrogen and oxygen atoms in total. The van der Waals surface area contributed by atoms with Gasteiger partial charge in [-0.1, -0.05) is 93.6 Å². The van der Waals surface area contributed by atoms with E-state index in [1.54, 1.807) is 0 Å². The third-order valence-electron chi connectivity index (χ3n) is 9.32. The summed E-state index contributed by atoms with van der Waals surface area (Å²) in [7, 11) is 0. The smallest absolute Gasteiger partial charge is 0.138 e. The number of aromatic nitrogens is 4. The molecule has 0 bridgehead atoms. The van der Waals surface area contributed by atoms with Gasteiger partial charge in [-0.2, -0.15) is 0 Å². The predicted octanol–water partition coefficient (Wildman–Crippen LogP) is 10.8. The van der Waals surface area contributed by atoms with Gasteiger partial charge in [0.15, 0.2) is 0 Å². The largest absolute Gasteiger partial charge is 0.309 e. The minimum absolute atomic E-state index is 0.0461. The molecular formula is C42H32N4. The van der Waals surface area contributed by atoms with Crippen molar-refractivity contribution in [1.82, 2.24) is 19.1 Å². The van der Waals surface area contributed by atoms with Crippen LogP contribution in [0.4, 0.5) is 0 Å². The number of benzene rings is 5. The second kappa shape index (κ2) is 9.88. The quantitative estimate of drug-likeness (QED) is 0.205. The zero-order chi connectivity index (χ0) is 31.0. The molecule has 9 rings (SSSR count). The molecule has 0 amide bonds. The Morgan fingerprint density at radius 1 is 0.522 bits per heavy atom. The molecule has 9 aromatic rings. The van der Waals surface area contributed by atoms with E-state index in [1.807, 2.05) is 6.20 Å². The summed E-state index contributed by atoms with van der Waals surface area (Å²) in [6, 6.07) is 47.9. The van der Waals surface area contributed by atoms with E-state index in [9.17, 15) is 0 Å². The van der Waals surface area contributed by atoms with Crippen LogP contribution in [0.25, 0.3) is 77.3 Å². The Hall–Kier alpha value is -5.74. The first-order valence-corrected chi connectivity index (χ1v) is 15.8. The second-order valence-electron chi connectivity index (χ2n) is 13.2. The fourth-order valence-corrected chi connectivity index (χ4v) is 6.99. The molecule has 0 spiro atoms. The number of fused-ring (bicyclic) bond motifs is 7. The Morgan fingerprint density at radius 2 is 1.17 bits per heavy atom. The Balaban J connectivity index is 1.31. The van der Waals surface area contributed by atoms with Gasteiger partial charge in [0, 0.05) is 44.4 Å². The Kier molecular flexibility index (Phi) is 5.72. The van der Waals surface area contributed by atoms with Crippen molar-refractivity contribution in [3.63, 3.8) is 0 Å². The van der Waals surface area contributed by atoms with Crippen LogP contribution in [0.5, 0.6) is 0 Å². The van der Waals surface area contributed by atoms with Gasteiger partial charge in [0.1, 0.15) is 5.82 Å². The highest BCUT2D eigenvalue weighted by Gasteiger charge is 2.19. The van der Waals surface area contributed by atoms with Gasteiger partial charge < -0.3 is 4.57 Å². The number of para-hydroxylation sites is 3. The average Bonchev–Trinajstić information content (AvgIpc) is 3.60. The molecule has 4 aromatic heterocycles. The van der Waals surface area contributed by atoms with Crippen molar-refractivity contribution in [2.45, 2.75) is 26.2 Å². The summed E-state index contributed by atoms with van der Waals surface area (Å²) in [6.45, 7) is 6.74. The molecule has 0 N–H and O–H groups in total. The Morgan fingerprint density at radius 3 is 1.96 bits per heavy atom. The van der Waals surface area contributed by atoms with E-state index in [-0.39, 0.29) is 5.41 Å². The zero-order valence-corrected chi connectivity index (χ0v) is 26.1. The average molecular weight is 593 g/mol. The van der Waals surface area contributed by atoms with E-state index >= 15 is 0 Å². The molecule has 0 saturated carbocycles. The molecule has 0 aliphatic heterocycles. The molecule has 0 aliphatic rings. The van der Waals surface area contributed by atoms with E-state index in [0.29, 0.717) is 0 Å². The number of hydrogen-bond donors (Lipinski definition) is 0. The molecule has 220 valence electrons. The van der Waals surface area contributed by atoms with Crippen LogP contribution in [0.2, 0.25) is 0 Å². The second-order valence-corrected chi connectivity index (χ2v) is 13.2. The summed E-state index contributed by atoms with van der Waals surface area (Å²) in [5, 5.41) is 6.02. The SMILES string of the molecule is CC(C)(C)c1ccnc(-c2ccc3c4ccccc4n(-c4ccc5c6ccccc6n(-c6ccc7ccccc7n6)c5c4)c3c2)c1. The van der Waals surface area contributed by atoms with Crippen molar-refractivity contribution in [2.75, 3.05) is 0 Å². The molecule has 5 aromatic carbocycles.